The third-order valence-electron chi connectivity index (χ3n) is 3.43. The maximum Gasteiger partial charge on any atom is 0.0750 e. The van der Waals surface area contributed by atoms with Crippen LogP contribution in [-0.2, 0) is 0 Å². The van der Waals surface area contributed by atoms with Gasteiger partial charge < -0.3 is 5.73 Å². The lowest BCUT2D eigenvalue weighted by Crippen LogP contribution is -2.32. The van der Waals surface area contributed by atoms with Gasteiger partial charge in [0.1, 0.15) is 0 Å². The van der Waals surface area contributed by atoms with E-state index < -0.39 is 0 Å². The summed E-state index contributed by atoms with van der Waals surface area (Å²) in [5, 5.41) is 1.18. The van der Waals surface area contributed by atoms with Gasteiger partial charge in [-0.25, -0.2) is 0 Å². The van der Waals surface area contributed by atoms with Gasteiger partial charge in [0.05, 0.1) is 5.52 Å². The standard InChI is InChI=1S/C15H21N3S/c1-18(9-10-19-2)14(11-16)13-7-3-5-12-6-4-8-17-15(12)13/h3-8,14H,9-11,16H2,1-2H3. The topological polar surface area (TPSA) is 42.1 Å². The largest absolute Gasteiger partial charge is 0.329 e. The highest BCUT2D eigenvalue weighted by Crippen LogP contribution is 2.25. The molecule has 0 amide bonds. The van der Waals surface area contributed by atoms with E-state index in [4.69, 9.17) is 5.73 Å². The summed E-state index contributed by atoms with van der Waals surface area (Å²) in [6.45, 7) is 1.65. The highest BCUT2D eigenvalue weighted by atomic mass is 32.2. The molecular weight excluding hydrogens is 254 g/mol. The average molecular weight is 275 g/mol. The molecule has 0 aliphatic carbocycles. The molecule has 1 unspecified atom stereocenters. The number of pyridine rings is 1. The molecule has 1 aromatic carbocycles. The van der Waals surface area contributed by atoms with Crippen LogP contribution in [0.2, 0.25) is 0 Å². The SMILES string of the molecule is CSCCN(C)C(CN)c1cccc2cccnc12. The molecule has 2 aromatic rings. The minimum Gasteiger partial charge on any atom is -0.329 e. The van der Waals surface area contributed by atoms with Crippen LogP contribution >= 0.6 is 11.8 Å². The lowest BCUT2D eigenvalue weighted by Gasteiger charge is -2.27. The maximum absolute atomic E-state index is 5.99. The van der Waals surface area contributed by atoms with E-state index in [-0.39, 0.29) is 6.04 Å². The summed E-state index contributed by atoms with van der Waals surface area (Å²) < 4.78 is 0. The molecule has 2 N–H and O–H groups in total. The molecule has 0 aliphatic rings. The van der Waals surface area contributed by atoms with Crippen molar-refractivity contribution >= 4 is 22.7 Å². The second-order valence-electron chi connectivity index (χ2n) is 4.65. The van der Waals surface area contributed by atoms with Crippen molar-refractivity contribution in [1.82, 2.24) is 9.88 Å². The van der Waals surface area contributed by atoms with Crippen molar-refractivity contribution in [2.45, 2.75) is 6.04 Å². The van der Waals surface area contributed by atoms with Gasteiger partial charge in [-0.15, -0.1) is 0 Å². The number of nitrogens with zero attached hydrogens (tertiary/aromatic N) is 2. The fourth-order valence-electron chi connectivity index (χ4n) is 2.33. The molecular formula is C15H21N3S. The zero-order chi connectivity index (χ0) is 13.7. The Hall–Kier alpha value is -1.10. The van der Waals surface area contributed by atoms with Gasteiger partial charge in [0.15, 0.2) is 0 Å². The number of benzene rings is 1. The number of rotatable bonds is 6. The Kier molecular flexibility index (Phi) is 5.19. The molecule has 1 aromatic heterocycles. The zero-order valence-electron chi connectivity index (χ0n) is 11.5. The molecule has 3 nitrogen and oxygen atoms in total. The van der Waals surface area contributed by atoms with E-state index in [1.807, 2.05) is 24.0 Å². The lowest BCUT2D eigenvalue weighted by molar-refractivity contribution is 0.267. The van der Waals surface area contributed by atoms with Crippen LogP contribution in [0.1, 0.15) is 11.6 Å². The van der Waals surface area contributed by atoms with Gasteiger partial charge in [-0.2, -0.15) is 11.8 Å². The Morgan fingerprint density at radius 2 is 2.11 bits per heavy atom. The van der Waals surface area contributed by atoms with E-state index in [9.17, 15) is 0 Å². The molecule has 0 bridgehead atoms. The van der Waals surface area contributed by atoms with E-state index in [1.165, 1.54) is 10.9 Å². The van der Waals surface area contributed by atoms with E-state index in [0.717, 1.165) is 17.8 Å². The summed E-state index contributed by atoms with van der Waals surface area (Å²) in [7, 11) is 2.13. The first kappa shape index (κ1) is 14.3. The Morgan fingerprint density at radius 1 is 1.32 bits per heavy atom. The highest BCUT2D eigenvalue weighted by molar-refractivity contribution is 7.98. The summed E-state index contributed by atoms with van der Waals surface area (Å²) >= 11 is 1.86. The van der Waals surface area contributed by atoms with Gasteiger partial charge in [0.2, 0.25) is 0 Å². The first-order valence-corrected chi connectivity index (χ1v) is 7.90. The van der Waals surface area contributed by atoms with Crippen LogP contribution in [0.4, 0.5) is 0 Å². The molecule has 1 atom stereocenters. The van der Waals surface area contributed by atoms with Crippen molar-refractivity contribution in [1.29, 1.82) is 0 Å². The van der Waals surface area contributed by atoms with Gasteiger partial charge >= 0.3 is 0 Å². The molecule has 0 spiro atoms. The quantitative estimate of drug-likeness (QED) is 0.879. The summed E-state index contributed by atoms with van der Waals surface area (Å²) in [5.41, 5.74) is 8.28. The Balaban J connectivity index is 2.35. The predicted octanol–water partition coefficient (Wildman–Crippen LogP) is 2.53. The number of hydrogen-bond acceptors (Lipinski definition) is 4. The van der Waals surface area contributed by atoms with Crippen LogP contribution in [0.15, 0.2) is 36.5 Å². The molecule has 2 rings (SSSR count). The van der Waals surface area contributed by atoms with Crippen molar-refractivity contribution in [3.63, 3.8) is 0 Å². The number of hydrogen-bond donors (Lipinski definition) is 1. The van der Waals surface area contributed by atoms with Crippen LogP contribution in [0.3, 0.4) is 0 Å². The van der Waals surface area contributed by atoms with Gasteiger partial charge in [0, 0.05) is 36.5 Å². The summed E-state index contributed by atoms with van der Waals surface area (Å²) in [6.07, 6.45) is 3.98. The Bertz CT molecular complexity index is 524. The molecule has 0 saturated heterocycles. The van der Waals surface area contributed by atoms with Crippen molar-refractivity contribution in [2.75, 3.05) is 32.1 Å². The molecule has 4 heteroatoms. The summed E-state index contributed by atoms with van der Waals surface area (Å²) in [4.78, 5) is 6.84. The highest BCUT2D eigenvalue weighted by Gasteiger charge is 2.17. The molecule has 102 valence electrons. The van der Waals surface area contributed by atoms with Gasteiger partial charge in [-0.05, 0) is 24.9 Å². The molecule has 0 fully saturated rings. The third kappa shape index (κ3) is 3.26. The second kappa shape index (κ2) is 6.89. The van der Waals surface area contributed by atoms with Crippen LogP contribution in [0.25, 0.3) is 10.9 Å². The minimum atomic E-state index is 0.228. The monoisotopic (exact) mass is 275 g/mol. The lowest BCUT2D eigenvalue weighted by atomic mass is 10.0. The van der Waals surface area contributed by atoms with Crippen LogP contribution in [-0.4, -0.2) is 42.0 Å². The average Bonchev–Trinajstić information content (AvgIpc) is 2.46. The van der Waals surface area contributed by atoms with Crippen molar-refractivity contribution in [2.24, 2.45) is 5.73 Å². The number of fused-ring (bicyclic) bond motifs is 1. The summed E-state index contributed by atoms with van der Waals surface area (Å²) in [6, 6.07) is 10.6. The van der Waals surface area contributed by atoms with Crippen molar-refractivity contribution in [3.8, 4) is 0 Å². The number of aromatic nitrogens is 1. The molecule has 19 heavy (non-hydrogen) atoms. The van der Waals surface area contributed by atoms with Gasteiger partial charge in [-0.1, -0.05) is 24.3 Å². The second-order valence-corrected chi connectivity index (χ2v) is 5.63. The smallest absolute Gasteiger partial charge is 0.0750 e. The van der Waals surface area contributed by atoms with E-state index in [1.54, 1.807) is 0 Å². The molecule has 0 saturated carbocycles. The van der Waals surface area contributed by atoms with Crippen molar-refractivity contribution in [3.05, 3.63) is 42.1 Å². The van der Waals surface area contributed by atoms with Crippen molar-refractivity contribution < 1.29 is 0 Å². The number of likely N-dealkylation sites (N-methyl/N-ethyl adjacent to an activating group) is 1. The first-order valence-electron chi connectivity index (χ1n) is 6.50. The Labute approximate surface area is 119 Å². The predicted molar refractivity (Wildman–Crippen MR) is 84.6 cm³/mol. The molecule has 0 aliphatic heterocycles. The number of para-hydroxylation sites is 1. The first-order chi connectivity index (χ1) is 9.27. The minimum absolute atomic E-state index is 0.228. The Morgan fingerprint density at radius 3 is 2.84 bits per heavy atom. The number of thioether (sulfide) groups is 1. The fraction of sp³-hybridized carbons (Fsp3) is 0.400. The van der Waals surface area contributed by atoms with Crippen LogP contribution in [0.5, 0.6) is 0 Å². The normalized spacial score (nSPS) is 13.1. The molecule has 1 heterocycles. The zero-order valence-corrected chi connectivity index (χ0v) is 12.4. The van der Waals surface area contributed by atoms with Gasteiger partial charge in [-0.3, -0.25) is 9.88 Å². The summed E-state index contributed by atoms with van der Waals surface area (Å²) in [5.74, 6) is 1.12. The fourth-order valence-corrected chi connectivity index (χ4v) is 2.80. The van der Waals surface area contributed by atoms with Gasteiger partial charge in [0.25, 0.3) is 0 Å². The maximum atomic E-state index is 5.99. The number of nitrogens with two attached hydrogens (primary N) is 1. The third-order valence-corrected chi connectivity index (χ3v) is 4.02. The van der Waals surface area contributed by atoms with E-state index in [2.05, 4.69) is 47.5 Å². The van der Waals surface area contributed by atoms with E-state index >= 15 is 0 Å². The van der Waals surface area contributed by atoms with E-state index in [0.29, 0.717) is 6.54 Å². The van der Waals surface area contributed by atoms with Crippen LogP contribution in [0, 0.1) is 0 Å². The van der Waals surface area contributed by atoms with Crippen LogP contribution < -0.4 is 5.73 Å². The molecule has 0 radical (unpaired) electrons.